The smallest absolute Gasteiger partial charge is 0.294 e. The van der Waals surface area contributed by atoms with E-state index in [2.05, 4.69) is 28.3 Å². The van der Waals surface area contributed by atoms with Crippen molar-refractivity contribution in [2.45, 2.75) is 20.1 Å². The van der Waals surface area contributed by atoms with Crippen LogP contribution >= 0.6 is 0 Å². The van der Waals surface area contributed by atoms with E-state index in [0.29, 0.717) is 6.61 Å². The molecule has 1 aromatic heterocycles. The molecule has 0 atom stereocenters. The first-order valence-corrected chi connectivity index (χ1v) is 7.05. The number of hydrogen-bond donors (Lipinski definition) is 1. The maximum atomic E-state index is 5.86. The number of benzene rings is 2. The van der Waals surface area contributed by atoms with Crippen molar-refractivity contribution in [1.29, 1.82) is 0 Å². The van der Waals surface area contributed by atoms with Crippen molar-refractivity contribution < 1.29 is 9.30 Å². The molecule has 1 heterocycles. The first-order valence-electron chi connectivity index (χ1n) is 7.05. The Balaban J connectivity index is 1.91. The third-order valence-corrected chi connectivity index (χ3v) is 3.35. The lowest BCUT2D eigenvalue weighted by Gasteiger charge is -2.04. The van der Waals surface area contributed by atoms with Crippen LogP contribution in [0.15, 0.2) is 66.7 Å². The SMILES string of the molecule is C=C(C)C[n+]1c(COc2ccccc2)[nH]c2ccccc21. The van der Waals surface area contributed by atoms with Crippen LogP contribution in [0.25, 0.3) is 11.0 Å². The minimum atomic E-state index is 0.506. The van der Waals surface area contributed by atoms with E-state index in [1.807, 2.05) is 49.4 Å². The molecule has 3 aromatic rings. The lowest BCUT2D eigenvalue weighted by molar-refractivity contribution is -0.672. The lowest BCUT2D eigenvalue weighted by Crippen LogP contribution is -2.38. The molecule has 2 aromatic carbocycles. The third-order valence-electron chi connectivity index (χ3n) is 3.35. The molecule has 3 rings (SSSR count). The summed E-state index contributed by atoms with van der Waals surface area (Å²) in [6.45, 7) is 7.35. The maximum absolute atomic E-state index is 5.86. The van der Waals surface area contributed by atoms with E-state index in [1.165, 1.54) is 5.52 Å². The Labute approximate surface area is 124 Å². The minimum Gasteiger partial charge on any atom is -0.481 e. The molecule has 0 unspecified atom stereocenters. The van der Waals surface area contributed by atoms with Crippen molar-refractivity contribution in [3.05, 3.63) is 72.6 Å². The number of aromatic nitrogens is 2. The predicted octanol–water partition coefficient (Wildman–Crippen LogP) is 3.61. The Morgan fingerprint density at radius 3 is 2.57 bits per heavy atom. The number of ether oxygens (including phenoxy) is 1. The summed E-state index contributed by atoms with van der Waals surface area (Å²) in [5.41, 5.74) is 3.41. The fourth-order valence-corrected chi connectivity index (χ4v) is 2.42. The van der Waals surface area contributed by atoms with Crippen molar-refractivity contribution in [3.63, 3.8) is 0 Å². The van der Waals surface area contributed by atoms with Gasteiger partial charge in [0.1, 0.15) is 12.3 Å². The van der Waals surface area contributed by atoms with Gasteiger partial charge in [0.2, 0.25) is 0 Å². The highest BCUT2D eigenvalue weighted by Crippen LogP contribution is 2.13. The van der Waals surface area contributed by atoms with Crippen LogP contribution < -0.4 is 9.30 Å². The molecule has 1 N–H and O–H groups in total. The standard InChI is InChI=1S/C18H18N2O/c1-14(2)12-20-17-11-7-6-10-16(17)19-18(20)13-21-15-8-4-3-5-9-15/h3-11H,1,12-13H2,2H3/p+1. The molecule has 0 spiro atoms. The molecule has 0 aliphatic rings. The highest BCUT2D eigenvalue weighted by molar-refractivity contribution is 5.71. The number of aromatic amines is 1. The molecule has 3 nitrogen and oxygen atoms in total. The molecular weight excluding hydrogens is 260 g/mol. The summed E-state index contributed by atoms with van der Waals surface area (Å²) < 4.78 is 8.08. The van der Waals surface area contributed by atoms with Gasteiger partial charge in [0.05, 0.1) is 0 Å². The van der Waals surface area contributed by atoms with Crippen LogP contribution in [-0.4, -0.2) is 4.98 Å². The van der Waals surface area contributed by atoms with Crippen molar-refractivity contribution in [1.82, 2.24) is 4.98 Å². The number of para-hydroxylation sites is 3. The normalized spacial score (nSPS) is 10.7. The molecule has 0 aliphatic carbocycles. The van der Waals surface area contributed by atoms with Crippen molar-refractivity contribution >= 4 is 11.0 Å². The van der Waals surface area contributed by atoms with Gasteiger partial charge in [-0.1, -0.05) is 36.9 Å². The second kappa shape index (κ2) is 5.83. The highest BCUT2D eigenvalue weighted by Gasteiger charge is 2.18. The number of nitrogens with zero attached hydrogens (tertiary/aromatic N) is 1. The van der Waals surface area contributed by atoms with Crippen molar-refractivity contribution in [2.24, 2.45) is 0 Å². The van der Waals surface area contributed by atoms with E-state index in [9.17, 15) is 0 Å². The second-order valence-electron chi connectivity index (χ2n) is 5.23. The van der Waals surface area contributed by atoms with Crippen LogP contribution in [-0.2, 0) is 13.2 Å². The van der Waals surface area contributed by atoms with Gasteiger partial charge >= 0.3 is 0 Å². The van der Waals surface area contributed by atoms with Gasteiger partial charge in [-0.05, 0) is 36.8 Å². The number of allylic oxidation sites excluding steroid dienone is 1. The summed E-state index contributed by atoms with van der Waals surface area (Å²) in [4.78, 5) is 3.44. The van der Waals surface area contributed by atoms with E-state index in [4.69, 9.17) is 4.74 Å². The molecular formula is C18H19N2O+. The fraction of sp³-hybridized carbons (Fsp3) is 0.167. The van der Waals surface area contributed by atoms with Gasteiger partial charge in [0, 0.05) is 0 Å². The number of imidazole rings is 1. The van der Waals surface area contributed by atoms with E-state index in [0.717, 1.165) is 29.2 Å². The molecule has 0 amide bonds. The van der Waals surface area contributed by atoms with Gasteiger partial charge in [-0.15, -0.1) is 0 Å². The first-order chi connectivity index (χ1) is 10.2. The molecule has 0 saturated carbocycles. The maximum Gasteiger partial charge on any atom is 0.294 e. The number of hydrogen-bond acceptors (Lipinski definition) is 1. The zero-order valence-electron chi connectivity index (χ0n) is 12.2. The van der Waals surface area contributed by atoms with Gasteiger partial charge in [-0.3, -0.25) is 0 Å². The van der Waals surface area contributed by atoms with Crippen LogP contribution in [0, 0.1) is 0 Å². The summed E-state index contributed by atoms with van der Waals surface area (Å²) in [5.74, 6) is 1.92. The van der Waals surface area contributed by atoms with Crippen molar-refractivity contribution in [2.75, 3.05) is 0 Å². The quantitative estimate of drug-likeness (QED) is 0.561. The zero-order valence-corrected chi connectivity index (χ0v) is 12.2. The van der Waals surface area contributed by atoms with E-state index >= 15 is 0 Å². The van der Waals surface area contributed by atoms with Crippen molar-refractivity contribution in [3.8, 4) is 5.75 Å². The second-order valence-corrected chi connectivity index (χ2v) is 5.23. The predicted molar refractivity (Wildman–Crippen MR) is 84.1 cm³/mol. The van der Waals surface area contributed by atoms with Crippen LogP contribution in [0.5, 0.6) is 5.75 Å². The molecule has 0 radical (unpaired) electrons. The van der Waals surface area contributed by atoms with Crippen LogP contribution in [0.2, 0.25) is 0 Å². The van der Waals surface area contributed by atoms with Gasteiger partial charge in [-0.2, -0.15) is 0 Å². The van der Waals surface area contributed by atoms with Crippen LogP contribution in [0.3, 0.4) is 0 Å². The Hall–Kier alpha value is -2.55. The zero-order chi connectivity index (χ0) is 14.7. The Bertz CT molecular complexity index is 759. The largest absolute Gasteiger partial charge is 0.481 e. The topological polar surface area (TPSA) is 28.9 Å². The number of rotatable bonds is 5. The van der Waals surface area contributed by atoms with E-state index < -0.39 is 0 Å². The average molecular weight is 279 g/mol. The van der Waals surface area contributed by atoms with Gasteiger partial charge in [-0.25, -0.2) is 9.55 Å². The summed E-state index contributed by atoms with van der Waals surface area (Å²) in [6.07, 6.45) is 0. The van der Waals surface area contributed by atoms with Gasteiger partial charge < -0.3 is 4.74 Å². The number of fused-ring (bicyclic) bond motifs is 1. The lowest BCUT2D eigenvalue weighted by atomic mass is 10.3. The monoisotopic (exact) mass is 279 g/mol. The molecule has 0 saturated heterocycles. The number of nitrogens with one attached hydrogen (secondary N) is 1. The van der Waals surface area contributed by atoms with E-state index in [-0.39, 0.29) is 0 Å². The Kier molecular flexibility index (Phi) is 3.73. The van der Waals surface area contributed by atoms with Gasteiger partial charge in [0.15, 0.2) is 17.6 Å². The summed E-state index contributed by atoms with van der Waals surface area (Å²) >= 11 is 0. The van der Waals surface area contributed by atoms with Gasteiger partial charge in [0.25, 0.3) is 5.82 Å². The number of H-pyrrole nitrogens is 1. The fourth-order valence-electron chi connectivity index (χ4n) is 2.42. The molecule has 0 bridgehead atoms. The third kappa shape index (κ3) is 2.97. The Morgan fingerprint density at radius 1 is 1.10 bits per heavy atom. The van der Waals surface area contributed by atoms with Crippen LogP contribution in [0.4, 0.5) is 0 Å². The Morgan fingerprint density at radius 2 is 1.81 bits per heavy atom. The molecule has 106 valence electrons. The van der Waals surface area contributed by atoms with E-state index in [1.54, 1.807) is 0 Å². The summed E-state index contributed by atoms with van der Waals surface area (Å²) in [7, 11) is 0. The first kappa shape index (κ1) is 13.4. The minimum absolute atomic E-state index is 0.506. The summed E-state index contributed by atoms with van der Waals surface area (Å²) in [5, 5.41) is 0. The highest BCUT2D eigenvalue weighted by atomic mass is 16.5. The molecule has 3 heteroatoms. The summed E-state index contributed by atoms with van der Waals surface area (Å²) in [6, 6.07) is 18.1. The average Bonchev–Trinajstić information content (AvgIpc) is 2.84. The molecule has 0 aliphatic heterocycles. The molecule has 21 heavy (non-hydrogen) atoms. The molecule has 0 fully saturated rings. The van der Waals surface area contributed by atoms with Crippen LogP contribution in [0.1, 0.15) is 12.7 Å².